The smallest absolute Gasteiger partial charge is 0.116 e. The minimum Gasteiger partial charge on any atom is -0.396 e. The van der Waals surface area contributed by atoms with Crippen molar-refractivity contribution in [1.29, 1.82) is 0 Å². The van der Waals surface area contributed by atoms with Crippen molar-refractivity contribution in [1.82, 2.24) is 4.98 Å². The third-order valence-corrected chi connectivity index (χ3v) is 1.58. The van der Waals surface area contributed by atoms with Crippen LogP contribution in [0.25, 0.3) is 0 Å². The highest BCUT2D eigenvalue weighted by Crippen LogP contribution is 1.98. The van der Waals surface area contributed by atoms with Gasteiger partial charge >= 0.3 is 0 Å². The number of nitrogens with zero attached hydrogens (tertiary/aromatic N) is 2. The van der Waals surface area contributed by atoms with Gasteiger partial charge in [-0.15, -0.1) is 0 Å². The molecule has 0 aliphatic heterocycles. The first-order chi connectivity index (χ1) is 6.34. The van der Waals surface area contributed by atoms with Crippen LogP contribution in [0.15, 0.2) is 29.7 Å². The summed E-state index contributed by atoms with van der Waals surface area (Å²) in [4.78, 5) is 9.06. The Morgan fingerprint density at radius 3 is 3.08 bits per heavy atom. The molecule has 0 fully saturated rings. The monoisotopic (exact) mass is 178 g/mol. The lowest BCUT2D eigenvalue weighted by molar-refractivity contribution is 0.145. The van der Waals surface area contributed by atoms with Crippen molar-refractivity contribution in [2.24, 2.45) is 5.16 Å². The molecule has 0 aromatic carbocycles. The van der Waals surface area contributed by atoms with Crippen LogP contribution in [0.1, 0.15) is 25.8 Å². The molecule has 3 nitrogen and oxygen atoms in total. The van der Waals surface area contributed by atoms with Gasteiger partial charge in [-0.25, -0.2) is 0 Å². The van der Waals surface area contributed by atoms with Gasteiger partial charge in [0.2, 0.25) is 0 Å². The molecular formula is C10H14N2O. The van der Waals surface area contributed by atoms with E-state index in [0.29, 0.717) is 6.61 Å². The summed E-state index contributed by atoms with van der Waals surface area (Å²) in [5.74, 6) is 0. The predicted molar refractivity (Wildman–Crippen MR) is 52.7 cm³/mol. The van der Waals surface area contributed by atoms with Gasteiger partial charge in [0.25, 0.3) is 0 Å². The number of aromatic nitrogens is 1. The molecule has 1 aromatic heterocycles. The van der Waals surface area contributed by atoms with Crippen molar-refractivity contribution in [3.8, 4) is 0 Å². The Balaban J connectivity index is 2.57. The summed E-state index contributed by atoms with van der Waals surface area (Å²) >= 11 is 0. The van der Waals surface area contributed by atoms with Crippen molar-refractivity contribution in [3.63, 3.8) is 0 Å². The average Bonchev–Trinajstić information content (AvgIpc) is 2.19. The molecule has 13 heavy (non-hydrogen) atoms. The lowest BCUT2D eigenvalue weighted by Crippen LogP contribution is -1.97. The third kappa shape index (κ3) is 3.23. The lowest BCUT2D eigenvalue weighted by Gasteiger charge is -1.99. The van der Waals surface area contributed by atoms with Gasteiger partial charge in [0.05, 0.1) is 5.71 Å². The molecule has 0 amide bonds. The maximum absolute atomic E-state index is 5.06. The van der Waals surface area contributed by atoms with E-state index in [-0.39, 0.29) is 0 Å². The summed E-state index contributed by atoms with van der Waals surface area (Å²) in [7, 11) is 0. The van der Waals surface area contributed by atoms with Crippen molar-refractivity contribution < 1.29 is 4.84 Å². The molecule has 0 spiro atoms. The van der Waals surface area contributed by atoms with E-state index in [9.17, 15) is 0 Å². The molecule has 0 bridgehead atoms. The fraction of sp³-hybridized carbons (Fsp3) is 0.400. The Hall–Kier alpha value is -1.38. The molecule has 0 radical (unpaired) electrons. The standard InChI is InChI=1S/C10H14N2O/c1-3-7-13-12-9(2)10-5-4-6-11-8-10/h4-6,8H,3,7H2,1-2H3/b12-9+. The molecule has 0 aliphatic carbocycles. The summed E-state index contributed by atoms with van der Waals surface area (Å²) in [5, 5.41) is 3.96. The van der Waals surface area contributed by atoms with Gasteiger partial charge in [0, 0.05) is 18.0 Å². The van der Waals surface area contributed by atoms with Crippen LogP contribution in [-0.2, 0) is 4.84 Å². The van der Waals surface area contributed by atoms with Crippen molar-refractivity contribution >= 4 is 5.71 Å². The second-order valence-electron chi connectivity index (χ2n) is 2.75. The summed E-state index contributed by atoms with van der Waals surface area (Å²) in [6.07, 6.45) is 4.49. The van der Waals surface area contributed by atoms with Crippen LogP contribution >= 0.6 is 0 Å². The van der Waals surface area contributed by atoms with E-state index >= 15 is 0 Å². The van der Waals surface area contributed by atoms with Crippen LogP contribution in [0.5, 0.6) is 0 Å². The molecule has 0 atom stereocenters. The van der Waals surface area contributed by atoms with Gasteiger partial charge in [0.1, 0.15) is 6.61 Å². The first-order valence-electron chi connectivity index (χ1n) is 4.41. The first kappa shape index (κ1) is 9.71. The molecule has 1 aromatic rings. The summed E-state index contributed by atoms with van der Waals surface area (Å²) in [6.45, 7) is 4.62. The van der Waals surface area contributed by atoms with Gasteiger partial charge in [-0.3, -0.25) is 4.98 Å². The first-order valence-corrected chi connectivity index (χ1v) is 4.41. The summed E-state index contributed by atoms with van der Waals surface area (Å²) < 4.78 is 0. The highest BCUT2D eigenvalue weighted by atomic mass is 16.6. The molecule has 0 saturated carbocycles. The lowest BCUT2D eigenvalue weighted by atomic mass is 10.2. The molecule has 3 heteroatoms. The maximum atomic E-state index is 5.06. The molecule has 1 rings (SSSR count). The van der Waals surface area contributed by atoms with Gasteiger partial charge in [-0.05, 0) is 25.5 Å². The highest BCUT2D eigenvalue weighted by Gasteiger charge is 1.95. The minimum absolute atomic E-state index is 0.664. The number of hydrogen-bond donors (Lipinski definition) is 0. The quantitative estimate of drug-likeness (QED) is 0.402. The van der Waals surface area contributed by atoms with E-state index in [1.54, 1.807) is 12.4 Å². The van der Waals surface area contributed by atoms with Crippen molar-refractivity contribution in [2.45, 2.75) is 20.3 Å². The second-order valence-corrected chi connectivity index (χ2v) is 2.75. The third-order valence-electron chi connectivity index (χ3n) is 1.58. The van der Waals surface area contributed by atoms with Gasteiger partial charge < -0.3 is 4.84 Å². The molecule has 1 heterocycles. The fourth-order valence-corrected chi connectivity index (χ4v) is 0.863. The zero-order chi connectivity index (χ0) is 9.52. The van der Waals surface area contributed by atoms with Crippen molar-refractivity contribution in [3.05, 3.63) is 30.1 Å². The maximum Gasteiger partial charge on any atom is 0.116 e. The summed E-state index contributed by atoms with van der Waals surface area (Å²) in [6, 6.07) is 3.84. The largest absolute Gasteiger partial charge is 0.396 e. The van der Waals surface area contributed by atoms with Gasteiger partial charge in [-0.1, -0.05) is 12.1 Å². The molecule has 0 saturated heterocycles. The SMILES string of the molecule is CCCO/N=C(\C)c1cccnc1. The Morgan fingerprint density at radius 1 is 1.62 bits per heavy atom. The van der Waals surface area contributed by atoms with Crippen LogP contribution in [0, 0.1) is 0 Å². The van der Waals surface area contributed by atoms with E-state index in [1.807, 2.05) is 19.1 Å². The van der Waals surface area contributed by atoms with E-state index in [0.717, 1.165) is 17.7 Å². The van der Waals surface area contributed by atoms with Gasteiger partial charge in [-0.2, -0.15) is 0 Å². The zero-order valence-electron chi connectivity index (χ0n) is 8.03. The molecule has 70 valence electrons. The van der Waals surface area contributed by atoms with E-state index in [2.05, 4.69) is 17.1 Å². The molecule has 0 N–H and O–H groups in total. The summed E-state index contributed by atoms with van der Waals surface area (Å²) in [5.41, 5.74) is 1.86. The Morgan fingerprint density at radius 2 is 2.46 bits per heavy atom. The highest BCUT2D eigenvalue weighted by molar-refractivity contribution is 5.97. The topological polar surface area (TPSA) is 34.5 Å². The molecule has 0 unspecified atom stereocenters. The zero-order valence-corrected chi connectivity index (χ0v) is 8.03. The second kappa shape index (κ2) is 5.30. The van der Waals surface area contributed by atoms with Crippen LogP contribution in [0.3, 0.4) is 0 Å². The molecular weight excluding hydrogens is 164 g/mol. The number of pyridine rings is 1. The van der Waals surface area contributed by atoms with Crippen molar-refractivity contribution in [2.75, 3.05) is 6.61 Å². The Bertz CT molecular complexity index is 270. The normalized spacial score (nSPS) is 11.4. The Kier molecular flexibility index (Phi) is 3.96. The van der Waals surface area contributed by atoms with Crippen LogP contribution < -0.4 is 0 Å². The van der Waals surface area contributed by atoms with E-state index in [1.165, 1.54) is 0 Å². The fourth-order valence-electron chi connectivity index (χ4n) is 0.863. The number of hydrogen-bond acceptors (Lipinski definition) is 3. The minimum atomic E-state index is 0.664. The predicted octanol–water partition coefficient (Wildman–Crippen LogP) is 2.23. The Labute approximate surface area is 78.4 Å². The van der Waals surface area contributed by atoms with Crippen LogP contribution in [0.2, 0.25) is 0 Å². The average molecular weight is 178 g/mol. The number of rotatable bonds is 4. The number of oxime groups is 1. The van der Waals surface area contributed by atoms with Crippen LogP contribution in [-0.4, -0.2) is 17.3 Å². The van der Waals surface area contributed by atoms with E-state index < -0.39 is 0 Å². The van der Waals surface area contributed by atoms with E-state index in [4.69, 9.17) is 4.84 Å². The van der Waals surface area contributed by atoms with Gasteiger partial charge in [0.15, 0.2) is 0 Å². The van der Waals surface area contributed by atoms with Crippen LogP contribution in [0.4, 0.5) is 0 Å². The molecule has 0 aliphatic rings.